The number of alkyl halides is 2. The van der Waals surface area contributed by atoms with E-state index in [1.807, 2.05) is 13.0 Å². The zero-order valence-corrected chi connectivity index (χ0v) is 17.7. The maximum atomic E-state index is 14.5. The van der Waals surface area contributed by atoms with E-state index in [0.29, 0.717) is 16.7 Å². The standard InChI is InChI=1S/C24H23F2NO3S/c1-17-12-14-20(15-13-17)31-24(22(25)26,21(28)19-10-6-3-7-11-19)27-23(29)30-16-18-8-4-2-5-9-18/h2-15,21-22,28H,16H2,1H3,(H,27,29)/t21-,24+/m0/s1. The number of carbonyl (C=O) groups excluding carboxylic acids is 1. The summed E-state index contributed by atoms with van der Waals surface area (Å²) in [6, 6.07) is 23.9. The monoisotopic (exact) mass is 443 g/mol. The van der Waals surface area contributed by atoms with E-state index in [1.165, 1.54) is 12.1 Å². The minimum absolute atomic E-state index is 0.0807. The van der Waals surface area contributed by atoms with Crippen LogP contribution in [-0.4, -0.2) is 22.5 Å². The van der Waals surface area contributed by atoms with E-state index >= 15 is 0 Å². The first kappa shape index (κ1) is 22.8. The Hall–Kier alpha value is -2.90. The summed E-state index contributed by atoms with van der Waals surface area (Å²) >= 11 is 0.694. The van der Waals surface area contributed by atoms with E-state index in [0.717, 1.165) is 11.1 Å². The number of nitrogens with one attached hydrogen (secondary N) is 1. The van der Waals surface area contributed by atoms with E-state index in [4.69, 9.17) is 4.74 Å². The molecule has 2 N–H and O–H groups in total. The number of hydrogen-bond acceptors (Lipinski definition) is 4. The molecule has 162 valence electrons. The van der Waals surface area contributed by atoms with Gasteiger partial charge in [0.25, 0.3) is 6.43 Å². The van der Waals surface area contributed by atoms with Crippen LogP contribution < -0.4 is 5.32 Å². The van der Waals surface area contributed by atoms with Gasteiger partial charge in [-0.05, 0) is 30.2 Å². The summed E-state index contributed by atoms with van der Waals surface area (Å²) in [4.78, 5) is 10.6. The molecule has 4 nitrogen and oxygen atoms in total. The van der Waals surface area contributed by atoms with Gasteiger partial charge in [-0.2, -0.15) is 0 Å². The molecule has 7 heteroatoms. The lowest BCUT2D eigenvalue weighted by atomic mass is 10.0. The van der Waals surface area contributed by atoms with Crippen molar-refractivity contribution in [3.05, 3.63) is 102 Å². The van der Waals surface area contributed by atoms with Gasteiger partial charge in [0, 0.05) is 4.90 Å². The van der Waals surface area contributed by atoms with Crippen LogP contribution in [-0.2, 0) is 11.3 Å². The van der Waals surface area contributed by atoms with Gasteiger partial charge < -0.3 is 9.84 Å². The maximum absolute atomic E-state index is 14.5. The normalized spacial score (nSPS) is 14.0. The van der Waals surface area contributed by atoms with Gasteiger partial charge in [0.05, 0.1) is 0 Å². The Morgan fingerprint density at radius 1 is 1.00 bits per heavy atom. The predicted octanol–water partition coefficient (Wildman–Crippen LogP) is 5.71. The Kier molecular flexibility index (Phi) is 7.65. The summed E-state index contributed by atoms with van der Waals surface area (Å²) in [6.45, 7) is 1.80. The number of hydrogen-bond donors (Lipinski definition) is 2. The van der Waals surface area contributed by atoms with E-state index in [2.05, 4.69) is 5.32 Å². The molecule has 3 aromatic rings. The van der Waals surface area contributed by atoms with Crippen LogP contribution in [0.25, 0.3) is 0 Å². The van der Waals surface area contributed by atoms with Gasteiger partial charge >= 0.3 is 6.09 Å². The second kappa shape index (κ2) is 10.4. The molecule has 0 saturated heterocycles. The highest BCUT2D eigenvalue weighted by Gasteiger charge is 2.50. The molecule has 2 atom stereocenters. The number of amides is 1. The number of aliphatic hydroxyl groups is 1. The zero-order valence-electron chi connectivity index (χ0n) is 16.9. The first-order chi connectivity index (χ1) is 14.9. The Labute approximate surface area is 184 Å². The average Bonchev–Trinajstić information content (AvgIpc) is 2.79. The fraction of sp³-hybridized carbons (Fsp3) is 0.208. The molecule has 31 heavy (non-hydrogen) atoms. The van der Waals surface area contributed by atoms with Crippen molar-refractivity contribution in [1.29, 1.82) is 0 Å². The van der Waals surface area contributed by atoms with Gasteiger partial charge in [-0.3, -0.25) is 5.32 Å². The molecule has 0 unspecified atom stereocenters. The SMILES string of the molecule is Cc1ccc(S[C@@](NC(=O)OCc2ccccc2)(C(F)F)[C@@H](O)c2ccccc2)cc1. The molecule has 0 spiro atoms. The van der Waals surface area contributed by atoms with Crippen LogP contribution in [0, 0.1) is 6.92 Å². The molecule has 0 bridgehead atoms. The van der Waals surface area contributed by atoms with Crippen LogP contribution in [0.15, 0.2) is 89.8 Å². The number of halogens is 2. The molecule has 0 heterocycles. The van der Waals surface area contributed by atoms with Gasteiger partial charge in [0.2, 0.25) is 0 Å². The van der Waals surface area contributed by atoms with Gasteiger partial charge in [0.15, 0.2) is 4.87 Å². The van der Waals surface area contributed by atoms with Gasteiger partial charge in [-0.1, -0.05) is 90.1 Å². The number of alkyl carbamates (subject to hydrolysis) is 1. The molecule has 1 amide bonds. The zero-order chi connectivity index (χ0) is 22.3. The molecule has 0 aliphatic carbocycles. The van der Waals surface area contributed by atoms with Gasteiger partial charge in [0.1, 0.15) is 12.7 Å². The number of carbonyl (C=O) groups is 1. The number of thioether (sulfide) groups is 1. The minimum Gasteiger partial charge on any atom is -0.445 e. The van der Waals surface area contributed by atoms with Crippen LogP contribution in [0.1, 0.15) is 22.8 Å². The van der Waals surface area contributed by atoms with Gasteiger partial charge in [-0.15, -0.1) is 0 Å². The van der Waals surface area contributed by atoms with Crippen molar-refractivity contribution in [2.45, 2.75) is 35.8 Å². The highest BCUT2D eigenvalue weighted by molar-refractivity contribution is 8.00. The second-order valence-corrected chi connectivity index (χ2v) is 8.36. The molecule has 3 rings (SSSR count). The van der Waals surface area contributed by atoms with E-state index in [1.54, 1.807) is 66.7 Å². The second-order valence-electron chi connectivity index (χ2n) is 7.01. The number of ether oxygens (including phenoxy) is 1. The third-order valence-electron chi connectivity index (χ3n) is 4.66. The van der Waals surface area contributed by atoms with Crippen LogP contribution in [0.3, 0.4) is 0 Å². The topological polar surface area (TPSA) is 58.6 Å². The van der Waals surface area contributed by atoms with E-state index in [-0.39, 0.29) is 12.2 Å². The fourth-order valence-corrected chi connectivity index (χ4v) is 4.10. The summed E-state index contributed by atoms with van der Waals surface area (Å²) in [7, 11) is 0. The minimum atomic E-state index is -3.10. The molecule has 0 radical (unpaired) electrons. The molecular weight excluding hydrogens is 420 g/mol. The summed E-state index contributed by atoms with van der Waals surface area (Å²) in [5.41, 5.74) is 1.94. The highest BCUT2D eigenvalue weighted by Crippen LogP contribution is 2.44. The number of aliphatic hydroxyl groups excluding tert-OH is 1. The Morgan fingerprint density at radius 2 is 1.58 bits per heavy atom. The highest BCUT2D eigenvalue weighted by atomic mass is 32.2. The van der Waals surface area contributed by atoms with Crippen molar-refractivity contribution >= 4 is 17.9 Å². The lowest BCUT2D eigenvalue weighted by Gasteiger charge is -2.37. The molecule has 3 aromatic carbocycles. The first-order valence-corrected chi connectivity index (χ1v) is 10.5. The fourth-order valence-electron chi connectivity index (χ4n) is 2.97. The summed E-state index contributed by atoms with van der Waals surface area (Å²) in [6.07, 6.45) is -5.83. The third kappa shape index (κ3) is 5.83. The molecule has 0 aromatic heterocycles. The Balaban J connectivity index is 1.89. The average molecular weight is 444 g/mol. The number of benzene rings is 3. The van der Waals surface area contributed by atoms with Crippen molar-refractivity contribution in [2.75, 3.05) is 0 Å². The lowest BCUT2D eigenvalue weighted by Crippen LogP contribution is -2.55. The van der Waals surface area contributed by atoms with Gasteiger partial charge in [-0.25, -0.2) is 13.6 Å². The molecule has 0 aliphatic heterocycles. The maximum Gasteiger partial charge on any atom is 0.408 e. The van der Waals surface area contributed by atoms with E-state index < -0.39 is 23.5 Å². The van der Waals surface area contributed by atoms with Crippen molar-refractivity contribution in [1.82, 2.24) is 5.32 Å². The van der Waals surface area contributed by atoms with Crippen molar-refractivity contribution in [2.24, 2.45) is 0 Å². The number of rotatable bonds is 8. The largest absolute Gasteiger partial charge is 0.445 e. The quantitative estimate of drug-likeness (QED) is 0.346. The predicted molar refractivity (Wildman–Crippen MR) is 117 cm³/mol. The van der Waals surface area contributed by atoms with Crippen LogP contribution in [0.2, 0.25) is 0 Å². The summed E-state index contributed by atoms with van der Waals surface area (Å²) in [5, 5.41) is 13.2. The summed E-state index contributed by atoms with van der Waals surface area (Å²) in [5.74, 6) is 0. The Bertz CT molecular complexity index is 971. The third-order valence-corrected chi connectivity index (χ3v) is 6.01. The van der Waals surface area contributed by atoms with Crippen molar-refractivity contribution in [3.63, 3.8) is 0 Å². The number of aryl methyl sites for hydroxylation is 1. The van der Waals surface area contributed by atoms with Crippen molar-refractivity contribution < 1.29 is 23.4 Å². The molecule has 0 aliphatic rings. The van der Waals surface area contributed by atoms with E-state index in [9.17, 15) is 18.7 Å². The molecule has 0 saturated carbocycles. The van der Waals surface area contributed by atoms with Crippen LogP contribution >= 0.6 is 11.8 Å². The van der Waals surface area contributed by atoms with Crippen molar-refractivity contribution in [3.8, 4) is 0 Å². The lowest BCUT2D eigenvalue weighted by molar-refractivity contribution is -0.00380. The Morgan fingerprint density at radius 3 is 2.16 bits per heavy atom. The molecule has 0 fully saturated rings. The molecular formula is C24H23F2NO3S. The smallest absolute Gasteiger partial charge is 0.408 e. The van der Waals surface area contributed by atoms with Crippen LogP contribution in [0.5, 0.6) is 0 Å². The van der Waals surface area contributed by atoms with Crippen LogP contribution in [0.4, 0.5) is 13.6 Å². The first-order valence-electron chi connectivity index (χ1n) is 9.66. The summed E-state index contributed by atoms with van der Waals surface area (Å²) < 4.78 is 34.2.